The molecule has 0 bridgehead atoms. The fourth-order valence-electron chi connectivity index (χ4n) is 4.00. The minimum absolute atomic E-state index is 0.163. The summed E-state index contributed by atoms with van der Waals surface area (Å²) in [6.45, 7) is 0.357. The molecule has 1 unspecified atom stereocenters. The number of amides is 2. The number of benzene rings is 2. The Morgan fingerprint density at radius 2 is 1.88 bits per heavy atom. The van der Waals surface area contributed by atoms with Gasteiger partial charge in [0.2, 0.25) is 5.91 Å². The molecule has 0 saturated carbocycles. The van der Waals surface area contributed by atoms with Crippen LogP contribution in [0.2, 0.25) is 0 Å². The maximum absolute atomic E-state index is 12.8. The van der Waals surface area contributed by atoms with E-state index in [-0.39, 0.29) is 17.7 Å². The monoisotopic (exact) mass is 477 g/mol. The number of nitrogens with one attached hydrogen (secondary N) is 1. The number of alkyl halides is 4. The first-order valence-electron chi connectivity index (χ1n) is 10.0. The summed E-state index contributed by atoms with van der Waals surface area (Å²) >= 11 is 6.00. The molecule has 0 spiro atoms. The molecule has 10 heteroatoms. The zero-order valence-corrected chi connectivity index (χ0v) is 17.9. The zero-order chi connectivity index (χ0) is 23.8. The lowest BCUT2D eigenvalue weighted by Crippen LogP contribution is -2.39. The summed E-state index contributed by atoms with van der Waals surface area (Å²) in [4.78, 5) is 24.2. The van der Waals surface area contributed by atoms with Crippen LogP contribution in [0.25, 0.3) is 22.4 Å². The van der Waals surface area contributed by atoms with E-state index in [1.807, 2.05) is 4.57 Å². The Labute approximate surface area is 192 Å². The van der Waals surface area contributed by atoms with E-state index in [0.717, 1.165) is 0 Å². The third-order valence-electron chi connectivity index (χ3n) is 5.40. The second-order valence-corrected chi connectivity index (χ2v) is 7.90. The molecule has 33 heavy (non-hydrogen) atoms. The van der Waals surface area contributed by atoms with E-state index < -0.39 is 12.3 Å². The summed E-state index contributed by atoms with van der Waals surface area (Å²) in [5.74, 6) is -0.913. The number of ether oxygens (including phenoxy) is 1. The Hall–Kier alpha value is -3.46. The molecular formula is C23H19ClF3N3O3. The van der Waals surface area contributed by atoms with Gasteiger partial charge in [-0.25, -0.2) is 0 Å². The number of carbonyl (C=O) groups is 2. The number of nitrogens with two attached hydrogens (primary N) is 1. The normalized spacial score (nSPS) is 15.6. The van der Waals surface area contributed by atoms with E-state index in [1.54, 1.807) is 36.4 Å². The minimum atomic E-state index is -4.84. The third kappa shape index (κ3) is 4.68. The highest BCUT2D eigenvalue weighted by molar-refractivity contribution is 6.17. The maximum Gasteiger partial charge on any atom is 0.573 e. The molecule has 3 aromatic rings. The minimum Gasteiger partial charge on any atom is -0.406 e. The fraction of sp³-hybridized carbons (Fsp3) is 0.217. The Bertz CT molecular complexity index is 1210. The lowest BCUT2D eigenvalue weighted by molar-refractivity contribution is -0.274. The number of aromatic nitrogens is 1. The molecule has 172 valence electrons. The second-order valence-electron chi connectivity index (χ2n) is 7.52. The third-order valence-corrected chi connectivity index (χ3v) is 5.61. The van der Waals surface area contributed by atoms with Crippen molar-refractivity contribution in [2.75, 3.05) is 12.4 Å². The van der Waals surface area contributed by atoms with Crippen molar-refractivity contribution in [3.63, 3.8) is 0 Å². The largest absolute Gasteiger partial charge is 0.573 e. The zero-order valence-electron chi connectivity index (χ0n) is 17.2. The van der Waals surface area contributed by atoms with Gasteiger partial charge >= 0.3 is 6.36 Å². The van der Waals surface area contributed by atoms with Crippen LogP contribution >= 0.6 is 11.6 Å². The van der Waals surface area contributed by atoms with Gasteiger partial charge in [-0.3, -0.25) is 9.59 Å². The van der Waals surface area contributed by atoms with Gasteiger partial charge in [-0.2, -0.15) is 0 Å². The quantitative estimate of drug-likeness (QED) is 0.503. The molecule has 1 aliphatic heterocycles. The molecule has 6 nitrogen and oxygen atoms in total. The first kappa shape index (κ1) is 22.7. The van der Waals surface area contributed by atoms with Crippen molar-refractivity contribution in [2.24, 2.45) is 5.73 Å². The summed E-state index contributed by atoms with van der Waals surface area (Å²) in [7, 11) is 0. The molecule has 1 aliphatic rings. The molecule has 2 amide bonds. The first-order valence-corrected chi connectivity index (χ1v) is 10.6. The van der Waals surface area contributed by atoms with Gasteiger partial charge in [0.1, 0.15) is 11.4 Å². The lowest BCUT2D eigenvalue weighted by atomic mass is 9.99. The summed E-state index contributed by atoms with van der Waals surface area (Å²) in [5, 5.41) is 2.83. The average molecular weight is 478 g/mol. The van der Waals surface area contributed by atoms with E-state index in [9.17, 15) is 22.8 Å². The van der Waals surface area contributed by atoms with Gasteiger partial charge in [0.05, 0.1) is 11.7 Å². The highest BCUT2D eigenvalue weighted by Gasteiger charge is 2.32. The number of nitrogens with zero attached hydrogens (tertiary/aromatic N) is 1. The first-order chi connectivity index (χ1) is 15.7. The van der Waals surface area contributed by atoms with Gasteiger partial charge in [-0.05, 0) is 47.9 Å². The van der Waals surface area contributed by atoms with Gasteiger partial charge in [0.15, 0.2) is 0 Å². The van der Waals surface area contributed by atoms with Crippen LogP contribution in [-0.2, 0) is 0 Å². The maximum atomic E-state index is 12.8. The highest BCUT2D eigenvalue weighted by atomic mass is 35.5. The van der Waals surface area contributed by atoms with Crippen molar-refractivity contribution >= 4 is 23.4 Å². The molecule has 4 rings (SSSR count). The molecule has 3 N–H and O–H groups in total. The average Bonchev–Trinajstić information content (AvgIpc) is 3.17. The predicted octanol–water partition coefficient (Wildman–Crippen LogP) is 4.73. The number of halogens is 4. The van der Waals surface area contributed by atoms with Crippen LogP contribution in [0.3, 0.4) is 0 Å². The SMILES string of the molecule is NC(=O)c1ccc(-c2c(-c3cccc(OC(F)(F)F)c3)cc3n2C(CCCl)CNC3=O)cc1. The fourth-order valence-corrected chi connectivity index (χ4v) is 4.25. The summed E-state index contributed by atoms with van der Waals surface area (Å²) in [6, 6.07) is 13.5. The molecule has 2 heterocycles. The van der Waals surface area contributed by atoms with Crippen molar-refractivity contribution in [1.82, 2.24) is 9.88 Å². The van der Waals surface area contributed by atoms with E-state index in [1.165, 1.54) is 18.2 Å². The Morgan fingerprint density at radius 3 is 2.52 bits per heavy atom. The lowest BCUT2D eigenvalue weighted by Gasteiger charge is -2.28. The van der Waals surface area contributed by atoms with Crippen LogP contribution < -0.4 is 15.8 Å². The van der Waals surface area contributed by atoms with Crippen LogP contribution in [0.15, 0.2) is 54.6 Å². The van der Waals surface area contributed by atoms with Crippen LogP contribution in [-0.4, -0.2) is 35.2 Å². The van der Waals surface area contributed by atoms with Crippen molar-refractivity contribution < 1.29 is 27.5 Å². The Kier molecular flexibility index (Phi) is 6.07. The van der Waals surface area contributed by atoms with Crippen LogP contribution in [0.1, 0.15) is 33.3 Å². The number of primary amides is 1. The van der Waals surface area contributed by atoms with Gasteiger partial charge in [-0.1, -0.05) is 24.3 Å². The molecule has 0 fully saturated rings. The van der Waals surface area contributed by atoms with Crippen LogP contribution in [0.4, 0.5) is 13.2 Å². The van der Waals surface area contributed by atoms with Crippen molar-refractivity contribution in [2.45, 2.75) is 18.8 Å². The summed E-state index contributed by atoms with van der Waals surface area (Å²) < 4.78 is 44.2. The molecule has 0 aliphatic carbocycles. The number of rotatable bonds is 6. The van der Waals surface area contributed by atoms with E-state index in [4.69, 9.17) is 17.3 Å². The Morgan fingerprint density at radius 1 is 1.15 bits per heavy atom. The Balaban J connectivity index is 1.92. The van der Waals surface area contributed by atoms with Crippen molar-refractivity contribution in [1.29, 1.82) is 0 Å². The van der Waals surface area contributed by atoms with E-state index in [2.05, 4.69) is 10.1 Å². The van der Waals surface area contributed by atoms with Crippen LogP contribution in [0.5, 0.6) is 5.75 Å². The smallest absolute Gasteiger partial charge is 0.406 e. The molecule has 2 aromatic carbocycles. The number of fused-ring (bicyclic) bond motifs is 1. The van der Waals surface area contributed by atoms with Crippen molar-refractivity contribution in [3.05, 3.63) is 65.9 Å². The predicted molar refractivity (Wildman–Crippen MR) is 117 cm³/mol. The topological polar surface area (TPSA) is 86.3 Å². The number of hydrogen-bond acceptors (Lipinski definition) is 3. The van der Waals surface area contributed by atoms with Gasteiger partial charge in [0, 0.05) is 23.6 Å². The van der Waals surface area contributed by atoms with Crippen LogP contribution in [0, 0.1) is 0 Å². The molecule has 1 atom stereocenters. The number of carbonyl (C=O) groups excluding carboxylic acids is 2. The summed E-state index contributed by atoms with van der Waals surface area (Å²) in [6.07, 6.45) is -4.27. The van der Waals surface area contributed by atoms with Gasteiger partial charge in [-0.15, -0.1) is 24.8 Å². The highest BCUT2D eigenvalue weighted by Crippen LogP contribution is 2.40. The van der Waals surface area contributed by atoms with Crippen molar-refractivity contribution in [3.8, 4) is 28.1 Å². The standard InChI is InChI=1S/C23H19ClF3N3O3/c24-9-8-16-12-29-22(32)19-11-18(15-2-1-3-17(10-15)33-23(25,26)27)20(30(16)19)13-4-6-14(7-5-13)21(28)31/h1-7,10-11,16H,8-9,12H2,(H2,28,31)(H,29,32). The van der Waals surface area contributed by atoms with Gasteiger partial charge < -0.3 is 20.4 Å². The summed E-state index contributed by atoms with van der Waals surface area (Å²) in [5.41, 5.74) is 8.28. The molecule has 1 aromatic heterocycles. The van der Waals surface area contributed by atoms with E-state index >= 15 is 0 Å². The van der Waals surface area contributed by atoms with Gasteiger partial charge in [0.25, 0.3) is 5.91 Å². The molecule has 0 radical (unpaired) electrons. The second kappa shape index (κ2) is 8.82. The molecule has 0 saturated heterocycles. The van der Waals surface area contributed by atoms with E-state index in [0.29, 0.717) is 52.5 Å². The molecular weight excluding hydrogens is 459 g/mol. The number of hydrogen-bond donors (Lipinski definition) is 2.